The number of hydrogen-bond donors (Lipinski definition) is 1. The molecule has 0 spiro atoms. The van der Waals surface area contributed by atoms with Gasteiger partial charge in [-0.2, -0.15) is 0 Å². The van der Waals surface area contributed by atoms with E-state index in [1.807, 2.05) is 55.5 Å². The van der Waals surface area contributed by atoms with Crippen LogP contribution in [0.2, 0.25) is 0 Å². The van der Waals surface area contributed by atoms with Crippen molar-refractivity contribution in [3.8, 4) is 11.3 Å². The number of aryl methyl sites for hydroxylation is 1. The quantitative estimate of drug-likeness (QED) is 0.757. The normalized spacial score (nSPS) is 18.5. The Labute approximate surface area is 158 Å². The fraction of sp³-hybridized carbons (Fsp3) is 0.238. The average molecular weight is 380 g/mol. The molecule has 138 valence electrons. The molecular formula is C21H20N2O3S. The number of carbonyl (C=O) groups is 1. The zero-order valence-corrected chi connectivity index (χ0v) is 15.8. The summed E-state index contributed by atoms with van der Waals surface area (Å²) in [7, 11) is -3.05. The molecule has 1 fully saturated rings. The van der Waals surface area contributed by atoms with Gasteiger partial charge >= 0.3 is 0 Å². The Bertz CT molecular complexity index is 1120. The highest BCUT2D eigenvalue weighted by atomic mass is 32.2. The van der Waals surface area contributed by atoms with Gasteiger partial charge in [0.15, 0.2) is 9.84 Å². The van der Waals surface area contributed by atoms with E-state index in [0.717, 1.165) is 27.7 Å². The molecule has 0 saturated carbocycles. The molecule has 1 atom stereocenters. The number of rotatable bonds is 3. The molecule has 2 aromatic carbocycles. The first-order valence-corrected chi connectivity index (χ1v) is 10.7. The van der Waals surface area contributed by atoms with Crippen LogP contribution in [-0.4, -0.2) is 36.9 Å². The molecular weight excluding hydrogens is 360 g/mol. The number of pyridine rings is 1. The topological polar surface area (TPSA) is 76.1 Å². The molecule has 0 radical (unpaired) electrons. The predicted molar refractivity (Wildman–Crippen MR) is 106 cm³/mol. The number of benzene rings is 2. The summed E-state index contributed by atoms with van der Waals surface area (Å²) in [5, 5.41) is 3.64. The molecule has 0 aliphatic carbocycles. The van der Waals surface area contributed by atoms with E-state index >= 15 is 0 Å². The van der Waals surface area contributed by atoms with Gasteiger partial charge in [-0.1, -0.05) is 48.0 Å². The lowest BCUT2D eigenvalue weighted by molar-refractivity contribution is 0.0943. The number of sulfone groups is 1. The molecule has 0 bridgehead atoms. The maximum absolute atomic E-state index is 12.9. The monoisotopic (exact) mass is 380 g/mol. The summed E-state index contributed by atoms with van der Waals surface area (Å²) in [6.45, 7) is 2.02. The van der Waals surface area contributed by atoms with Crippen LogP contribution in [0.1, 0.15) is 22.3 Å². The van der Waals surface area contributed by atoms with Crippen LogP contribution < -0.4 is 5.32 Å². The molecule has 6 heteroatoms. The second kappa shape index (κ2) is 6.78. The van der Waals surface area contributed by atoms with Crippen molar-refractivity contribution < 1.29 is 13.2 Å². The van der Waals surface area contributed by atoms with Gasteiger partial charge in [-0.05, 0) is 25.5 Å². The number of fused-ring (bicyclic) bond motifs is 1. The first kappa shape index (κ1) is 17.7. The second-order valence-corrected chi connectivity index (χ2v) is 9.24. The van der Waals surface area contributed by atoms with Crippen molar-refractivity contribution in [1.82, 2.24) is 10.3 Å². The molecule has 27 heavy (non-hydrogen) atoms. The van der Waals surface area contributed by atoms with Crippen LogP contribution in [-0.2, 0) is 9.84 Å². The zero-order chi connectivity index (χ0) is 19.0. The SMILES string of the molecule is Cc1ccc(-c2cc(C(=O)N[C@H]3CCS(=O)(=O)C3)c3ccccc3n2)cc1. The van der Waals surface area contributed by atoms with Gasteiger partial charge in [0.1, 0.15) is 0 Å². The molecule has 1 aromatic heterocycles. The third kappa shape index (κ3) is 3.71. The second-order valence-electron chi connectivity index (χ2n) is 7.01. The number of aromatic nitrogens is 1. The van der Waals surface area contributed by atoms with Crippen molar-refractivity contribution >= 4 is 26.6 Å². The fourth-order valence-electron chi connectivity index (χ4n) is 3.41. The maximum Gasteiger partial charge on any atom is 0.252 e. The number of amides is 1. The van der Waals surface area contributed by atoms with Gasteiger partial charge in [-0.3, -0.25) is 4.79 Å². The van der Waals surface area contributed by atoms with Gasteiger partial charge < -0.3 is 5.32 Å². The van der Waals surface area contributed by atoms with E-state index in [-0.39, 0.29) is 23.5 Å². The molecule has 2 heterocycles. The van der Waals surface area contributed by atoms with Crippen LogP contribution >= 0.6 is 0 Å². The first-order valence-electron chi connectivity index (χ1n) is 8.89. The van der Waals surface area contributed by atoms with Crippen molar-refractivity contribution in [3.05, 3.63) is 65.7 Å². The lowest BCUT2D eigenvalue weighted by Gasteiger charge is -2.14. The zero-order valence-electron chi connectivity index (χ0n) is 15.0. The van der Waals surface area contributed by atoms with Crippen LogP contribution in [0.5, 0.6) is 0 Å². The molecule has 4 rings (SSSR count). The molecule has 1 amide bonds. The van der Waals surface area contributed by atoms with Crippen molar-refractivity contribution in [2.45, 2.75) is 19.4 Å². The molecule has 1 aliphatic rings. The number of carbonyl (C=O) groups excluding carboxylic acids is 1. The molecule has 1 N–H and O–H groups in total. The third-order valence-electron chi connectivity index (χ3n) is 4.88. The fourth-order valence-corrected chi connectivity index (χ4v) is 5.08. The van der Waals surface area contributed by atoms with Gasteiger partial charge in [0.05, 0.1) is 28.3 Å². The Hall–Kier alpha value is -2.73. The number of nitrogens with zero attached hydrogens (tertiary/aromatic N) is 1. The van der Waals surface area contributed by atoms with E-state index < -0.39 is 9.84 Å². The Kier molecular flexibility index (Phi) is 4.44. The average Bonchev–Trinajstić information content (AvgIpc) is 2.99. The minimum absolute atomic E-state index is 0.00652. The highest BCUT2D eigenvalue weighted by molar-refractivity contribution is 7.91. The summed E-state index contributed by atoms with van der Waals surface area (Å²) in [5.74, 6) is -0.125. The molecule has 3 aromatic rings. The van der Waals surface area contributed by atoms with Crippen LogP contribution in [0, 0.1) is 6.92 Å². The highest BCUT2D eigenvalue weighted by Crippen LogP contribution is 2.25. The summed E-state index contributed by atoms with van der Waals surface area (Å²) >= 11 is 0. The van der Waals surface area contributed by atoms with Crippen molar-refractivity contribution in [1.29, 1.82) is 0 Å². The Morgan fingerprint density at radius 3 is 2.56 bits per heavy atom. The molecule has 5 nitrogen and oxygen atoms in total. The van der Waals surface area contributed by atoms with Crippen LogP contribution in [0.25, 0.3) is 22.2 Å². The van der Waals surface area contributed by atoms with Crippen LogP contribution in [0.4, 0.5) is 0 Å². The van der Waals surface area contributed by atoms with Gasteiger partial charge in [0.25, 0.3) is 5.91 Å². The Morgan fingerprint density at radius 2 is 1.85 bits per heavy atom. The highest BCUT2D eigenvalue weighted by Gasteiger charge is 2.29. The summed E-state index contributed by atoms with van der Waals surface area (Å²) < 4.78 is 23.4. The summed E-state index contributed by atoms with van der Waals surface area (Å²) in [6, 6.07) is 16.9. The Balaban J connectivity index is 1.74. The van der Waals surface area contributed by atoms with Gasteiger partial charge in [-0.25, -0.2) is 13.4 Å². The molecule has 0 unspecified atom stereocenters. The van der Waals surface area contributed by atoms with E-state index in [9.17, 15) is 13.2 Å². The van der Waals surface area contributed by atoms with Crippen molar-refractivity contribution in [3.63, 3.8) is 0 Å². The van der Waals surface area contributed by atoms with Crippen molar-refractivity contribution in [2.75, 3.05) is 11.5 Å². The number of nitrogens with one attached hydrogen (secondary N) is 1. The molecule has 1 saturated heterocycles. The lowest BCUT2D eigenvalue weighted by Crippen LogP contribution is -2.35. The maximum atomic E-state index is 12.9. The van der Waals surface area contributed by atoms with Gasteiger partial charge in [0, 0.05) is 17.0 Å². The minimum atomic E-state index is -3.05. The van der Waals surface area contributed by atoms with Crippen molar-refractivity contribution in [2.24, 2.45) is 0 Å². The van der Waals surface area contributed by atoms with Crippen LogP contribution in [0.3, 0.4) is 0 Å². The minimum Gasteiger partial charge on any atom is -0.348 e. The van der Waals surface area contributed by atoms with E-state index in [1.165, 1.54) is 0 Å². The third-order valence-corrected chi connectivity index (χ3v) is 6.64. The summed E-state index contributed by atoms with van der Waals surface area (Å²) in [5.41, 5.74) is 4.06. The lowest BCUT2D eigenvalue weighted by atomic mass is 10.0. The first-order chi connectivity index (χ1) is 12.9. The Morgan fingerprint density at radius 1 is 1.11 bits per heavy atom. The van der Waals surface area contributed by atoms with E-state index in [0.29, 0.717) is 12.0 Å². The van der Waals surface area contributed by atoms with Crippen LogP contribution in [0.15, 0.2) is 54.6 Å². The standard InChI is InChI=1S/C21H20N2O3S/c1-14-6-8-15(9-7-14)20-12-18(17-4-2-3-5-19(17)23-20)21(24)22-16-10-11-27(25,26)13-16/h2-9,12,16H,10-11,13H2,1H3,(H,22,24)/t16-/m0/s1. The largest absolute Gasteiger partial charge is 0.348 e. The van der Waals surface area contributed by atoms with E-state index in [2.05, 4.69) is 5.32 Å². The predicted octanol–water partition coefficient (Wildman–Crippen LogP) is 3.13. The van der Waals surface area contributed by atoms with Gasteiger partial charge in [-0.15, -0.1) is 0 Å². The van der Waals surface area contributed by atoms with Gasteiger partial charge in [0.2, 0.25) is 0 Å². The summed E-state index contributed by atoms with van der Waals surface area (Å²) in [4.78, 5) is 17.6. The number of para-hydroxylation sites is 1. The molecule has 1 aliphatic heterocycles. The van der Waals surface area contributed by atoms with E-state index in [4.69, 9.17) is 4.98 Å². The summed E-state index contributed by atoms with van der Waals surface area (Å²) in [6.07, 6.45) is 0.460. The van der Waals surface area contributed by atoms with E-state index in [1.54, 1.807) is 6.07 Å². The smallest absolute Gasteiger partial charge is 0.252 e. The number of hydrogen-bond acceptors (Lipinski definition) is 4.